The third kappa shape index (κ3) is 2.51. The van der Waals surface area contributed by atoms with Crippen LogP contribution in [0.2, 0.25) is 0 Å². The molecule has 4 N–H and O–H groups in total. The van der Waals surface area contributed by atoms with E-state index in [0.29, 0.717) is 6.42 Å². The lowest BCUT2D eigenvalue weighted by atomic mass is 10.0. The molecule has 0 radical (unpaired) electrons. The van der Waals surface area contributed by atoms with E-state index in [4.69, 9.17) is 11.5 Å². The second-order valence-corrected chi connectivity index (χ2v) is 2.97. The number of hydrogen-bond donors (Lipinski definition) is 2. The van der Waals surface area contributed by atoms with Crippen LogP contribution in [0.4, 0.5) is 0 Å². The Morgan fingerprint density at radius 3 is 2.83 bits per heavy atom. The maximum Gasteiger partial charge on any atom is 0.234 e. The number of rotatable bonds is 3. The molecule has 0 heterocycles. The molecule has 0 spiro atoms. The normalized spacial score (nSPS) is 18.6. The van der Waals surface area contributed by atoms with Crippen LogP contribution in [0.3, 0.4) is 0 Å². The van der Waals surface area contributed by atoms with Crippen LogP contribution < -0.4 is 11.5 Å². The van der Waals surface area contributed by atoms with Crippen molar-refractivity contribution >= 4 is 5.91 Å². The van der Waals surface area contributed by atoms with E-state index in [-0.39, 0.29) is 0 Å². The molecule has 3 nitrogen and oxygen atoms in total. The highest BCUT2D eigenvalue weighted by Gasteiger charge is 2.10. The molecule has 1 amide bonds. The summed E-state index contributed by atoms with van der Waals surface area (Å²) in [6.07, 6.45) is 8.87. The van der Waals surface area contributed by atoms with Crippen molar-refractivity contribution in [3.8, 4) is 0 Å². The topological polar surface area (TPSA) is 69.1 Å². The first-order valence-electron chi connectivity index (χ1n) is 4.10. The predicted octanol–water partition coefficient (Wildman–Crippen LogP) is 0.465. The van der Waals surface area contributed by atoms with Gasteiger partial charge in [0.2, 0.25) is 5.91 Å². The third-order valence-corrected chi connectivity index (χ3v) is 1.89. The SMILES string of the molecule is NC(=O)C(N)CC1=CCCC=C1. The molecule has 0 aromatic rings. The lowest BCUT2D eigenvalue weighted by Crippen LogP contribution is -2.36. The first kappa shape index (κ1) is 9.00. The van der Waals surface area contributed by atoms with Crippen molar-refractivity contribution in [2.45, 2.75) is 25.3 Å². The minimum Gasteiger partial charge on any atom is -0.368 e. The minimum atomic E-state index is -0.543. The van der Waals surface area contributed by atoms with Gasteiger partial charge in [-0.15, -0.1) is 0 Å². The van der Waals surface area contributed by atoms with Crippen molar-refractivity contribution < 1.29 is 4.79 Å². The zero-order valence-electron chi connectivity index (χ0n) is 6.99. The molecule has 0 aromatic heterocycles. The molecule has 0 bridgehead atoms. The molecule has 1 unspecified atom stereocenters. The number of primary amides is 1. The Morgan fingerprint density at radius 1 is 1.58 bits per heavy atom. The van der Waals surface area contributed by atoms with Gasteiger partial charge in [0.25, 0.3) is 0 Å². The van der Waals surface area contributed by atoms with E-state index in [2.05, 4.69) is 12.2 Å². The minimum absolute atomic E-state index is 0.435. The molecular weight excluding hydrogens is 152 g/mol. The predicted molar refractivity (Wildman–Crippen MR) is 48.2 cm³/mol. The van der Waals surface area contributed by atoms with Crippen LogP contribution in [0.25, 0.3) is 0 Å². The van der Waals surface area contributed by atoms with Crippen molar-refractivity contribution in [1.29, 1.82) is 0 Å². The van der Waals surface area contributed by atoms with Gasteiger partial charge in [-0.2, -0.15) is 0 Å². The van der Waals surface area contributed by atoms with Crippen LogP contribution in [-0.4, -0.2) is 11.9 Å². The van der Waals surface area contributed by atoms with Crippen molar-refractivity contribution in [3.63, 3.8) is 0 Å². The molecule has 1 aliphatic carbocycles. The molecule has 0 fully saturated rings. The fourth-order valence-corrected chi connectivity index (χ4v) is 1.17. The average molecular weight is 166 g/mol. The second kappa shape index (κ2) is 4.07. The summed E-state index contributed by atoms with van der Waals surface area (Å²) >= 11 is 0. The van der Waals surface area contributed by atoms with Crippen molar-refractivity contribution in [2.75, 3.05) is 0 Å². The Balaban J connectivity index is 2.45. The molecule has 0 aliphatic heterocycles. The largest absolute Gasteiger partial charge is 0.368 e. The van der Waals surface area contributed by atoms with E-state index in [1.807, 2.05) is 6.08 Å². The Kier molecular flexibility index (Phi) is 3.05. The van der Waals surface area contributed by atoms with E-state index < -0.39 is 11.9 Å². The van der Waals surface area contributed by atoms with Gasteiger partial charge in [-0.05, 0) is 19.3 Å². The van der Waals surface area contributed by atoms with Gasteiger partial charge in [-0.25, -0.2) is 0 Å². The van der Waals surface area contributed by atoms with Crippen LogP contribution in [0.15, 0.2) is 23.8 Å². The molecule has 3 heteroatoms. The van der Waals surface area contributed by atoms with Crippen LogP contribution >= 0.6 is 0 Å². The number of amides is 1. The quantitative estimate of drug-likeness (QED) is 0.639. The van der Waals surface area contributed by atoms with Crippen molar-refractivity contribution in [1.82, 2.24) is 0 Å². The molecule has 0 saturated carbocycles. The zero-order valence-corrected chi connectivity index (χ0v) is 6.99. The number of carbonyl (C=O) groups excluding carboxylic acids is 1. The molecule has 0 aromatic carbocycles. The van der Waals surface area contributed by atoms with Gasteiger partial charge in [-0.1, -0.05) is 23.8 Å². The van der Waals surface area contributed by atoms with Gasteiger partial charge >= 0.3 is 0 Å². The number of nitrogens with two attached hydrogens (primary N) is 2. The molecule has 1 aliphatic rings. The smallest absolute Gasteiger partial charge is 0.234 e. The highest BCUT2D eigenvalue weighted by Crippen LogP contribution is 2.13. The van der Waals surface area contributed by atoms with Gasteiger partial charge in [-0.3, -0.25) is 4.79 Å². The van der Waals surface area contributed by atoms with Crippen LogP contribution in [0.1, 0.15) is 19.3 Å². The summed E-state index contributed by atoms with van der Waals surface area (Å²) in [5.41, 5.74) is 11.7. The van der Waals surface area contributed by atoms with Gasteiger partial charge in [0, 0.05) is 0 Å². The van der Waals surface area contributed by atoms with E-state index in [9.17, 15) is 4.79 Å². The van der Waals surface area contributed by atoms with E-state index in [1.54, 1.807) is 0 Å². The van der Waals surface area contributed by atoms with Crippen LogP contribution in [0, 0.1) is 0 Å². The number of hydrogen-bond acceptors (Lipinski definition) is 2. The van der Waals surface area contributed by atoms with Crippen LogP contribution in [0.5, 0.6) is 0 Å². The molecule has 1 rings (SSSR count). The summed E-state index contributed by atoms with van der Waals surface area (Å²) < 4.78 is 0. The highest BCUT2D eigenvalue weighted by atomic mass is 16.1. The van der Waals surface area contributed by atoms with E-state index in [1.165, 1.54) is 0 Å². The van der Waals surface area contributed by atoms with Crippen molar-refractivity contribution in [2.24, 2.45) is 11.5 Å². The molecule has 1 atom stereocenters. The molecular formula is C9H14N2O. The average Bonchev–Trinajstić information content (AvgIpc) is 2.06. The lowest BCUT2D eigenvalue weighted by Gasteiger charge is -2.10. The van der Waals surface area contributed by atoms with Gasteiger partial charge in [0.15, 0.2) is 0 Å². The first-order valence-corrected chi connectivity index (χ1v) is 4.10. The first-order chi connectivity index (χ1) is 5.70. The fraction of sp³-hybridized carbons (Fsp3) is 0.444. The number of carbonyl (C=O) groups is 1. The van der Waals surface area contributed by atoms with E-state index >= 15 is 0 Å². The highest BCUT2D eigenvalue weighted by molar-refractivity contribution is 5.80. The maximum atomic E-state index is 10.6. The van der Waals surface area contributed by atoms with Gasteiger partial charge < -0.3 is 11.5 Å². The van der Waals surface area contributed by atoms with Gasteiger partial charge in [0.1, 0.15) is 0 Å². The Bertz CT molecular complexity index is 231. The van der Waals surface area contributed by atoms with E-state index in [0.717, 1.165) is 18.4 Å². The summed E-state index contributed by atoms with van der Waals surface area (Å²) in [6, 6.07) is -0.543. The fourth-order valence-electron chi connectivity index (χ4n) is 1.17. The Labute approximate surface area is 72.1 Å². The maximum absolute atomic E-state index is 10.6. The Morgan fingerprint density at radius 2 is 2.33 bits per heavy atom. The zero-order chi connectivity index (χ0) is 8.97. The lowest BCUT2D eigenvalue weighted by molar-refractivity contribution is -0.119. The standard InChI is InChI=1S/C9H14N2O/c10-8(9(11)12)6-7-4-2-1-3-5-7/h2,4-5,8H,1,3,6,10H2,(H2,11,12). The molecule has 12 heavy (non-hydrogen) atoms. The summed E-state index contributed by atoms with van der Waals surface area (Å²) in [5.74, 6) is -0.435. The monoisotopic (exact) mass is 166 g/mol. The van der Waals surface area contributed by atoms with Crippen LogP contribution in [-0.2, 0) is 4.79 Å². The summed E-state index contributed by atoms with van der Waals surface area (Å²) in [4.78, 5) is 10.6. The second-order valence-electron chi connectivity index (χ2n) is 2.97. The summed E-state index contributed by atoms with van der Waals surface area (Å²) in [6.45, 7) is 0. The summed E-state index contributed by atoms with van der Waals surface area (Å²) in [7, 11) is 0. The molecule has 0 saturated heterocycles. The van der Waals surface area contributed by atoms with Gasteiger partial charge in [0.05, 0.1) is 6.04 Å². The van der Waals surface area contributed by atoms with Crippen molar-refractivity contribution in [3.05, 3.63) is 23.8 Å². The summed E-state index contributed by atoms with van der Waals surface area (Å²) in [5, 5.41) is 0. The number of allylic oxidation sites excluding steroid dienone is 3. The molecule has 66 valence electrons. The third-order valence-electron chi connectivity index (χ3n) is 1.89. The Hall–Kier alpha value is -1.09.